The van der Waals surface area contributed by atoms with E-state index in [1.807, 2.05) is 72.8 Å². The van der Waals surface area contributed by atoms with E-state index in [0.717, 1.165) is 11.1 Å². The molecule has 0 unspecified atom stereocenters. The van der Waals surface area contributed by atoms with Crippen molar-refractivity contribution in [3.8, 4) is 0 Å². The first-order valence-electron chi connectivity index (χ1n) is 8.19. The summed E-state index contributed by atoms with van der Waals surface area (Å²) in [5.41, 5.74) is 3.32. The maximum absolute atomic E-state index is 12.3. The van der Waals surface area contributed by atoms with Crippen molar-refractivity contribution in [1.82, 2.24) is 0 Å². The van der Waals surface area contributed by atoms with E-state index < -0.39 is 0 Å². The van der Waals surface area contributed by atoms with Gasteiger partial charge in [0, 0.05) is 17.2 Å². The molecule has 0 fully saturated rings. The largest absolute Gasteiger partial charge is 0.410 e. The summed E-state index contributed by atoms with van der Waals surface area (Å²) in [6, 6.07) is 26.1. The molecule has 128 valence electrons. The number of amides is 1. The lowest BCUT2D eigenvalue weighted by Gasteiger charge is -2.11. The topological polar surface area (TPSA) is 61.7 Å². The van der Waals surface area contributed by atoms with E-state index in [4.69, 9.17) is 0 Å². The molecule has 4 heteroatoms. The molecule has 0 spiro atoms. The van der Waals surface area contributed by atoms with Crippen LogP contribution < -0.4 is 5.32 Å². The fraction of sp³-hybridized carbons (Fsp3) is 0. The minimum atomic E-state index is -0.258. The molecule has 3 rings (SSSR count). The molecule has 0 atom stereocenters. The fourth-order valence-corrected chi connectivity index (χ4v) is 2.57. The number of nitrogens with zero attached hydrogens (tertiary/aromatic N) is 1. The van der Waals surface area contributed by atoms with Gasteiger partial charge in [-0.25, -0.2) is 0 Å². The van der Waals surface area contributed by atoms with Gasteiger partial charge in [0.1, 0.15) is 5.71 Å². The fourth-order valence-electron chi connectivity index (χ4n) is 2.57. The molecular weight excluding hydrogens is 324 g/mol. The molecule has 1 amide bonds. The van der Waals surface area contributed by atoms with Gasteiger partial charge in [0.15, 0.2) is 0 Å². The van der Waals surface area contributed by atoms with Gasteiger partial charge < -0.3 is 10.5 Å². The van der Waals surface area contributed by atoms with E-state index in [2.05, 4.69) is 10.5 Å². The summed E-state index contributed by atoms with van der Waals surface area (Å²) < 4.78 is 0. The van der Waals surface area contributed by atoms with Crippen LogP contribution in [0.1, 0.15) is 16.7 Å². The number of nitrogens with one attached hydrogen (secondary N) is 1. The Labute approximate surface area is 152 Å². The SMILES string of the molecule is O=C(/C=C/c1ccccc1)Nc1ccccc1/C(=N/O)c1ccccc1. The summed E-state index contributed by atoms with van der Waals surface area (Å²) in [6.45, 7) is 0. The average Bonchev–Trinajstić information content (AvgIpc) is 2.70. The van der Waals surface area contributed by atoms with E-state index in [1.165, 1.54) is 6.08 Å². The van der Waals surface area contributed by atoms with Crippen LogP contribution in [-0.2, 0) is 4.79 Å². The van der Waals surface area contributed by atoms with Gasteiger partial charge in [-0.15, -0.1) is 0 Å². The Morgan fingerprint density at radius 3 is 2.15 bits per heavy atom. The van der Waals surface area contributed by atoms with Gasteiger partial charge in [-0.2, -0.15) is 0 Å². The molecule has 0 saturated heterocycles. The smallest absolute Gasteiger partial charge is 0.248 e. The lowest BCUT2D eigenvalue weighted by molar-refractivity contribution is -0.111. The van der Waals surface area contributed by atoms with Gasteiger partial charge in [0.2, 0.25) is 5.91 Å². The van der Waals surface area contributed by atoms with Gasteiger partial charge in [-0.1, -0.05) is 84.0 Å². The van der Waals surface area contributed by atoms with Crippen LogP contribution in [0.2, 0.25) is 0 Å². The summed E-state index contributed by atoms with van der Waals surface area (Å²) in [5, 5.41) is 15.8. The van der Waals surface area contributed by atoms with Gasteiger partial charge in [0.05, 0.1) is 5.69 Å². The average molecular weight is 342 g/mol. The zero-order valence-electron chi connectivity index (χ0n) is 14.0. The molecule has 0 radical (unpaired) electrons. The van der Waals surface area contributed by atoms with Gasteiger partial charge in [-0.05, 0) is 17.7 Å². The second-order valence-electron chi connectivity index (χ2n) is 5.59. The highest BCUT2D eigenvalue weighted by molar-refractivity contribution is 6.17. The minimum Gasteiger partial charge on any atom is -0.410 e. The molecule has 0 aliphatic heterocycles. The second kappa shape index (κ2) is 8.44. The molecule has 4 nitrogen and oxygen atoms in total. The number of oxime groups is 1. The van der Waals surface area contributed by atoms with E-state index in [-0.39, 0.29) is 5.91 Å². The van der Waals surface area contributed by atoms with Crippen LogP contribution >= 0.6 is 0 Å². The summed E-state index contributed by atoms with van der Waals surface area (Å²) in [6.07, 6.45) is 3.22. The van der Waals surface area contributed by atoms with Crippen molar-refractivity contribution in [1.29, 1.82) is 0 Å². The monoisotopic (exact) mass is 342 g/mol. The molecule has 0 aromatic heterocycles. The molecule has 3 aromatic rings. The number of carbonyl (C=O) groups excluding carboxylic acids is 1. The standard InChI is InChI=1S/C22H18N2O2/c25-21(16-15-17-9-3-1-4-10-17)23-20-14-8-7-13-19(20)22(24-26)18-11-5-2-6-12-18/h1-16,26H,(H,23,25)/b16-15+,24-22+. The quantitative estimate of drug-likeness (QED) is 0.309. The zero-order valence-corrected chi connectivity index (χ0v) is 14.0. The van der Waals surface area contributed by atoms with Gasteiger partial charge in [-0.3, -0.25) is 4.79 Å². The van der Waals surface area contributed by atoms with Crippen LogP contribution in [0.3, 0.4) is 0 Å². The number of para-hydroxylation sites is 1. The maximum atomic E-state index is 12.3. The maximum Gasteiger partial charge on any atom is 0.248 e. The number of anilines is 1. The highest BCUT2D eigenvalue weighted by atomic mass is 16.4. The Kier molecular flexibility index (Phi) is 5.58. The Bertz CT molecular complexity index is 933. The van der Waals surface area contributed by atoms with Crippen LogP contribution in [0.25, 0.3) is 6.08 Å². The van der Waals surface area contributed by atoms with Crippen molar-refractivity contribution in [2.45, 2.75) is 0 Å². The van der Waals surface area contributed by atoms with Crippen molar-refractivity contribution in [3.63, 3.8) is 0 Å². The molecule has 0 saturated carbocycles. The van der Waals surface area contributed by atoms with E-state index in [9.17, 15) is 10.0 Å². The molecular formula is C22H18N2O2. The summed E-state index contributed by atoms with van der Waals surface area (Å²) in [5.74, 6) is -0.258. The normalized spacial score (nSPS) is 11.5. The molecule has 0 aliphatic rings. The molecule has 0 heterocycles. The van der Waals surface area contributed by atoms with Crippen LogP contribution in [-0.4, -0.2) is 16.8 Å². The van der Waals surface area contributed by atoms with Crippen LogP contribution in [0, 0.1) is 0 Å². The molecule has 26 heavy (non-hydrogen) atoms. The third-order valence-electron chi connectivity index (χ3n) is 3.81. The van der Waals surface area contributed by atoms with Gasteiger partial charge >= 0.3 is 0 Å². The van der Waals surface area contributed by atoms with Crippen molar-refractivity contribution in [3.05, 3.63) is 108 Å². The third kappa shape index (κ3) is 4.24. The highest BCUT2D eigenvalue weighted by Gasteiger charge is 2.13. The lowest BCUT2D eigenvalue weighted by atomic mass is 10.0. The van der Waals surface area contributed by atoms with Crippen LogP contribution in [0.4, 0.5) is 5.69 Å². The third-order valence-corrected chi connectivity index (χ3v) is 3.81. The Balaban J connectivity index is 1.83. The summed E-state index contributed by atoms with van der Waals surface area (Å²) in [4.78, 5) is 12.3. The van der Waals surface area contributed by atoms with Crippen molar-refractivity contribution in [2.75, 3.05) is 5.32 Å². The number of rotatable bonds is 5. The first-order chi connectivity index (χ1) is 12.8. The Hall–Kier alpha value is -3.66. The second-order valence-corrected chi connectivity index (χ2v) is 5.59. The molecule has 0 bridgehead atoms. The Morgan fingerprint density at radius 1 is 0.846 bits per heavy atom. The predicted molar refractivity (Wildman–Crippen MR) is 104 cm³/mol. The van der Waals surface area contributed by atoms with Crippen molar-refractivity contribution >= 4 is 23.4 Å². The predicted octanol–water partition coefficient (Wildman–Crippen LogP) is 4.57. The van der Waals surface area contributed by atoms with Crippen LogP contribution in [0.15, 0.2) is 96.2 Å². The van der Waals surface area contributed by atoms with Crippen LogP contribution in [0.5, 0.6) is 0 Å². The van der Waals surface area contributed by atoms with Crippen molar-refractivity contribution < 1.29 is 10.0 Å². The van der Waals surface area contributed by atoms with E-state index in [1.54, 1.807) is 18.2 Å². The summed E-state index contributed by atoms with van der Waals surface area (Å²) in [7, 11) is 0. The van der Waals surface area contributed by atoms with E-state index in [0.29, 0.717) is 17.0 Å². The zero-order chi connectivity index (χ0) is 18.2. The number of benzene rings is 3. The van der Waals surface area contributed by atoms with Crippen molar-refractivity contribution in [2.24, 2.45) is 5.16 Å². The lowest BCUT2D eigenvalue weighted by Crippen LogP contribution is -2.13. The number of carbonyl (C=O) groups is 1. The molecule has 2 N–H and O–H groups in total. The first-order valence-corrected chi connectivity index (χ1v) is 8.19. The van der Waals surface area contributed by atoms with E-state index >= 15 is 0 Å². The molecule has 0 aliphatic carbocycles. The minimum absolute atomic E-state index is 0.258. The summed E-state index contributed by atoms with van der Waals surface area (Å²) >= 11 is 0. The highest BCUT2D eigenvalue weighted by Crippen LogP contribution is 2.20. The first kappa shape index (κ1) is 17.2. The number of hydrogen-bond donors (Lipinski definition) is 2. The van der Waals surface area contributed by atoms with Gasteiger partial charge in [0.25, 0.3) is 0 Å². The number of hydrogen-bond acceptors (Lipinski definition) is 3. The Morgan fingerprint density at radius 2 is 1.46 bits per heavy atom. The molecule has 3 aromatic carbocycles.